The van der Waals surface area contributed by atoms with Crippen LogP contribution in [0.1, 0.15) is 21.2 Å². The molecule has 0 aliphatic rings. The molecule has 9 nitrogen and oxygen atoms in total. The number of hydrogen-bond donors (Lipinski definition) is 2. The lowest BCUT2D eigenvalue weighted by atomic mass is 10.3. The van der Waals surface area contributed by atoms with E-state index in [1.54, 1.807) is 36.4 Å². The molecule has 2 aromatic heterocycles. The largest absolute Gasteiger partial charge is 0.459 e. The quantitative estimate of drug-likeness (QED) is 0.725. The van der Waals surface area contributed by atoms with Gasteiger partial charge in [-0.1, -0.05) is 0 Å². The first kappa shape index (κ1) is 13.5. The molecule has 0 saturated heterocycles. The molecule has 0 atom stereocenters. The Balaban J connectivity index is 1.74. The zero-order valence-corrected chi connectivity index (χ0v) is 11.1. The Hall–Kier alpha value is -3.49. The third kappa shape index (κ3) is 2.68. The lowest BCUT2D eigenvalue weighted by molar-refractivity contribution is 0.0985. The number of amides is 2. The van der Waals surface area contributed by atoms with Crippen molar-refractivity contribution in [1.29, 1.82) is 0 Å². The van der Waals surface area contributed by atoms with Crippen LogP contribution in [-0.2, 0) is 0 Å². The van der Waals surface area contributed by atoms with Gasteiger partial charge >= 0.3 is 0 Å². The number of nitrogens with one attached hydrogen (secondary N) is 1. The minimum absolute atomic E-state index is 0.171. The van der Waals surface area contributed by atoms with E-state index in [1.807, 2.05) is 0 Å². The van der Waals surface area contributed by atoms with Crippen molar-refractivity contribution in [3.8, 4) is 5.69 Å². The number of rotatable bonds is 4. The smallest absolute Gasteiger partial charge is 0.291 e. The fourth-order valence-corrected chi connectivity index (χ4v) is 1.70. The summed E-state index contributed by atoms with van der Waals surface area (Å²) in [6.07, 6.45) is 1.42. The molecular formula is C13H10N6O3. The molecule has 1 aromatic carbocycles. The zero-order valence-electron chi connectivity index (χ0n) is 11.1. The highest BCUT2D eigenvalue weighted by atomic mass is 16.3. The Morgan fingerprint density at radius 3 is 2.55 bits per heavy atom. The number of anilines is 1. The fourth-order valence-electron chi connectivity index (χ4n) is 1.70. The molecule has 22 heavy (non-hydrogen) atoms. The van der Waals surface area contributed by atoms with Crippen LogP contribution < -0.4 is 11.1 Å². The second-order valence-electron chi connectivity index (χ2n) is 4.25. The summed E-state index contributed by atoms with van der Waals surface area (Å²) in [7, 11) is 0. The van der Waals surface area contributed by atoms with E-state index >= 15 is 0 Å². The average Bonchev–Trinajstić information content (AvgIpc) is 3.20. The van der Waals surface area contributed by atoms with Crippen LogP contribution in [0.25, 0.3) is 5.69 Å². The first-order chi connectivity index (χ1) is 10.6. The Morgan fingerprint density at radius 1 is 1.18 bits per heavy atom. The molecule has 0 aliphatic heterocycles. The maximum atomic E-state index is 11.8. The molecule has 2 amide bonds. The Bertz CT molecular complexity index is 807. The monoisotopic (exact) mass is 298 g/mol. The van der Waals surface area contributed by atoms with Crippen molar-refractivity contribution in [2.75, 3.05) is 5.32 Å². The maximum Gasteiger partial charge on any atom is 0.291 e. The summed E-state index contributed by atoms with van der Waals surface area (Å²) in [6.45, 7) is 0. The third-order valence-electron chi connectivity index (χ3n) is 2.74. The number of benzene rings is 1. The van der Waals surface area contributed by atoms with Crippen molar-refractivity contribution in [1.82, 2.24) is 20.2 Å². The van der Waals surface area contributed by atoms with E-state index in [1.165, 1.54) is 6.26 Å². The highest BCUT2D eigenvalue weighted by Gasteiger charge is 2.11. The van der Waals surface area contributed by atoms with Gasteiger partial charge in [0.1, 0.15) is 0 Å². The zero-order chi connectivity index (χ0) is 15.5. The number of furan rings is 1. The molecule has 2 heterocycles. The van der Waals surface area contributed by atoms with E-state index in [2.05, 4.69) is 20.7 Å². The van der Waals surface area contributed by atoms with Crippen molar-refractivity contribution in [3.05, 3.63) is 54.2 Å². The molecule has 3 N–H and O–H groups in total. The van der Waals surface area contributed by atoms with Crippen molar-refractivity contribution < 1.29 is 14.0 Å². The number of aromatic nitrogens is 4. The number of nitrogens with two attached hydrogens (primary N) is 1. The Kier molecular flexibility index (Phi) is 3.36. The Labute approximate surface area is 123 Å². The second kappa shape index (κ2) is 5.48. The van der Waals surface area contributed by atoms with E-state index < -0.39 is 5.91 Å². The molecule has 110 valence electrons. The predicted octanol–water partition coefficient (Wildman–Crippen LogP) is 0.606. The molecule has 0 saturated carbocycles. The van der Waals surface area contributed by atoms with E-state index in [9.17, 15) is 9.59 Å². The van der Waals surface area contributed by atoms with Crippen LogP contribution in [0.3, 0.4) is 0 Å². The molecule has 0 fully saturated rings. The van der Waals surface area contributed by atoms with E-state index in [0.29, 0.717) is 11.4 Å². The van der Waals surface area contributed by atoms with Gasteiger partial charge in [-0.05, 0) is 41.6 Å². The van der Waals surface area contributed by atoms with Gasteiger partial charge in [0.25, 0.3) is 17.6 Å². The summed E-state index contributed by atoms with van der Waals surface area (Å²) >= 11 is 0. The van der Waals surface area contributed by atoms with Crippen molar-refractivity contribution >= 4 is 17.5 Å². The maximum absolute atomic E-state index is 11.8. The molecule has 3 aromatic rings. The highest BCUT2D eigenvalue weighted by Crippen LogP contribution is 2.13. The number of carbonyl (C=O) groups is 2. The van der Waals surface area contributed by atoms with Gasteiger partial charge in [-0.2, -0.15) is 0 Å². The normalized spacial score (nSPS) is 10.4. The number of nitrogens with zero attached hydrogens (tertiary/aromatic N) is 4. The summed E-state index contributed by atoms with van der Waals surface area (Å²) in [4.78, 5) is 23.9. The molecule has 0 unspecified atom stereocenters. The van der Waals surface area contributed by atoms with E-state index in [0.717, 1.165) is 4.80 Å². The van der Waals surface area contributed by atoms with Crippen LogP contribution in [0.15, 0.2) is 47.1 Å². The molecule has 0 radical (unpaired) electrons. The minimum atomic E-state index is -0.756. The van der Waals surface area contributed by atoms with Crippen LogP contribution in [-0.4, -0.2) is 32.0 Å². The molecule has 3 rings (SSSR count). The first-order valence-electron chi connectivity index (χ1n) is 6.18. The van der Waals surface area contributed by atoms with Gasteiger partial charge in [0.05, 0.1) is 12.0 Å². The SMILES string of the molecule is NC(=O)c1nnn(-c2ccc(NC(=O)c3ccco3)cc2)n1. The average molecular weight is 298 g/mol. The van der Waals surface area contributed by atoms with Gasteiger partial charge in [0.15, 0.2) is 5.76 Å². The summed E-state index contributed by atoms with van der Waals surface area (Å²) < 4.78 is 5.00. The molecule has 0 bridgehead atoms. The second-order valence-corrected chi connectivity index (χ2v) is 4.25. The minimum Gasteiger partial charge on any atom is -0.459 e. The lowest BCUT2D eigenvalue weighted by Crippen LogP contribution is -2.13. The number of tetrazole rings is 1. The number of primary amides is 1. The van der Waals surface area contributed by atoms with Gasteiger partial charge in [-0.25, -0.2) is 0 Å². The van der Waals surface area contributed by atoms with Crippen LogP contribution in [0.2, 0.25) is 0 Å². The molecular weight excluding hydrogens is 288 g/mol. The number of hydrogen-bond acceptors (Lipinski definition) is 6. The topological polar surface area (TPSA) is 129 Å². The van der Waals surface area contributed by atoms with Gasteiger partial charge in [0.2, 0.25) is 0 Å². The third-order valence-corrected chi connectivity index (χ3v) is 2.74. The van der Waals surface area contributed by atoms with Crippen molar-refractivity contribution in [3.63, 3.8) is 0 Å². The number of carbonyl (C=O) groups excluding carboxylic acids is 2. The van der Waals surface area contributed by atoms with E-state index in [4.69, 9.17) is 10.2 Å². The van der Waals surface area contributed by atoms with Gasteiger partial charge in [-0.3, -0.25) is 9.59 Å². The van der Waals surface area contributed by atoms with Crippen molar-refractivity contribution in [2.45, 2.75) is 0 Å². The summed E-state index contributed by atoms with van der Waals surface area (Å²) in [5.41, 5.74) is 6.19. The summed E-state index contributed by atoms with van der Waals surface area (Å²) in [5.74, 6) is -1.07. The van der Waals surface area contributed by atoms with Crippen LogP contribution >= 0.6 is 0 Å². The van der Waals surface area contributed by atoms with Crippen LogP contribution in [0.5, 0.6) is 0 Å². The Morgan fingerprint density at radius 2 is 1.95 bits per heavy atom. The van der Waals surface area contributed by atoms with Gasteiger partial charge in [0, 0.05) is 5.69 Å². The predicted molar refractivity (Wildman–Crippen MR) is 74.3 cm³/mol. The molecule has 9 heteroatoms. The molecule has 0 spiro atoms. The van der Waals surface area contributed by atoms with E-state index in [-0.39, 0.29) is 17.5 Å². The highest BCUT2D eigenvalue weighted by molar-refractivity contribution is 6.02. The van der Waals surface area contributed by atoms with Gasteiger partial charge < -0.3 is 15.5 Å². The summed E-state index contributed by atoms with van der Waals surface area (Å²) in [5, 5.41) is 13.7. The first-order valence-corrected chi connectivity index (χ1v) is 6.18. The summed E-state index contributed by atoms with van der Waals surface area (Å²) in [6, 6.07) is 9.82. The van der Waals surface area contributed by atoms with Gasteiger partial charge in [-0.15, -0.1) is 15.0 Å². The standard InChI is InChI=1S/C13H10N6O3/c14-11(20)12-16-18-19(17-12)9-5-3-8(4-6-9)15-13(21)10-2-1-7-22-10/h1-7H,(H2,14,20)(H,15,21). The fraction of sp³-hybridized carbons (Fsp3) is 0. The lowest BCUT2D eigenvalue weighted by Gasteiger charge is -2.04. The molecule has 0 aliphatic carbocycles. The van der Waals surface area contributed by atoms with Crippen LogP contribution in [0.4, 0.5) is 5.69 Å². The van der Waals surface area contributed by atoms with Crippen molar-refractivity contribution in [2.24, 2.45) is 5.73 Å². The van der Waals surface area contributed by atoms with Crippen LogP contribution in [0, 0.1) is 0 Å².